The maximum absolute atomic E-state index is 5.30. The summed E-state index contributed by atoms with van der Waals surface area (Å²) in [5.74, 6) is 1.82. The van der Waals surface area contributed by atoms with Gasteiger partial charge in [-0.15, -0.1) is 0 Å². The zero-order chi connectivity index (χ0) is 57.8. The molecule has 18 rings (SSSR count). The Morgan fingerprint density at radius 2 is 0.648 bits per heavy atom. The van der Waals surface area contributed by atoms with Gasteiger partial charge in [0.05, 0.1) is 50.0 Å². The molecule has 0 radical (unpaired) electrons. The highest BCUT2D eigenvalue weighted by Crippen LogP contribution is 2.44. The molecule has 1 aliphatic carbocycles. The first-order valence-corrected chi connectivity index (χ1v) is 30.2. The van der Waals surface area contributed by atoms with Crippen LogP contribution in [0.2, 0.25) is 0 Å². The molecule has 17 aromatic rings. The van der Waals surface area contributed by atoms with Gasteiger partial charge in [-0.25, -0.2) is 15.0 Å². The van der Waals surface area contributed by atoms with Crippen LogP contribution in [0, 0.1) is 0 Å². The third kappa shape index (κ3) is 7.87. The first-order valence-electron chi connectivity index (χ1n) is 30.2. The van der Waals surface area contributed by atoms with Gasteiger partial charge in [0.15, 0.2) is 17.5 Å². The number of nitrogens with zero attached hydrogens (tertiary/aromatic N) is 7. The van der Waals surface area contributed by atoms with Crippen LogP contribution in [0.4, 0.5) is 0 Å². The van der Waals surface area contributed by atoms with Gasteiger partial charge in [-0.2, -0.15) is 0 Å². The molecule has 0 saturated carbocycles. The Bertz CT molecular complexity index is 5560. The number of hydrogen-bond donors (Lipinski definition) is 0. The molecule has 88 heavy (non-hydrogen) atoms. The Labute approximate surface area is 507 Å². The van der Waals surface area contributed by atoms with E-state index in [2.05, 4.69) is 279 Å². The highest BCUT2D eigenvalue weighted by molar-refractivity contribution is 6.15. The summed E-state index contributed by atoms with van der Waals surface area (Å²) in [6, 6.07) is 103. The number of benzene rings is 12. The van der Waals surface area contributed by atoms with Crippen molar-refractivity contribution in [3.05, 3.63) is 302 Å². The summed E-state index contributed by atoms with van der Waals surface area (Å²) < 4.78 is 9.77. The molecule has 12 aromatic carbocycles. The molecule has 0 unspecified atom stereocenters. The van der Waals surface area contributed by atoms with Crippen molar-refractivity contribution in [2.75, 3.05) is 0 Å². The summed E-state index contributed by atoms with van der Waals surface area (Å²) in [5, 5.41) is 8.43. The summed E-state index contributed by atoms with van der Waals surface area (Å²) in [4.78, 5) is 15.7. The average Bonchev–Trinajstić information content (AvgIpc) is 4.35. The fourth-order valence-electron chi connectivity index (χ4n) is 14.1. The third-order valence-electron chi connectivity index (χ3n) is 18.1. The van der Waals surface area contributed by atoms with E-state index >= 15 is 0 Å². The van der Waals surface area contributed by atoms with Crippen molar-refractivity contribution >= 4 is 82.4 Å². The molecule has 0 fully saturated rings. The highest BCUT2D eigenvalue weighted by atomic mass is 15.1. The van der Waals surface area contributed by atoms with E-state index in [0.29, 0.717) is 17.5 Å². The molecule has 0 bridgehead atoms. The van der Waals surface area contributed by atoms with Gasteiger partial charge in [-0.3, -0.25) is 0 Å². The van der Waals surface area contributed by atoms with Crippen LogP contribution in [0.15, 0.2) is 291 Å². The quantitative estimate of drug-likeness (QED) is 0.145. The lowest BCUT2D eigenvalue weighted by Gasteiger charge is -2.18. The second kappa shape index (κ2) is 20.0. The van der Waals surface area contributed by atoms with E-state index in [4.69, 9.17) is 15.0 Å². The van der Waals surface area contributed by atoms with Gasteiger partial charge >= 0.3 is 0 Å². The highest BCUT2D eigenvalue weighted by Gasteiger charge is 2.25. The smallest absolute Gasteiger partial charge is 0.164 e. The number of hydrogen-bond acceptors (Lipinski definition) is 3. The molecular formula is C81H53N7. The normalized spacial score (nSPS) is 12.4. The zero-order valence-corrected chi connectivity index (χ0v) is 47.8. The van der Waals surface area contributed by atoms with E-state index in [0.717, 1.165) is 96.1 Å². The average molecular weight is 1120 g/mol. The van der Waals surface area contributed by atoms with Gasteiger partial charge in [0.25, 0.3) is 0 Å². The molecule has 0 atom stereocenters. The summed E-state index contributed by atoms with van der Waals surface area (Å²) >= 11 is 0. The first-order chi connectivity index (χ1) is 43.6. The lowest BCUT2D eigenvalue weighted by atomic mass is 9.97. The largest absolute Gasteiger partial charge is 0.310 e. The minimum absolute atomic E-state index is 0.591. The van der Waals surface area contributed by atoms with E-state index in [9.17, 15) is 0 Å². The SMILES string of the molecule is C1=Cc2c(c3cc(-c4ccc5c6cc(-c7ccc8c(c7)c7ccccc7n8-c7ccccc7)ccc6n(-c6ccc(-c7nc(-c8ccccc8)nc(-c8ccccc8)n7)cc6-n6c7ccccc7c7ccccc76)c5c4)ccc3n2-c2ccccc2)CC1. The topological polar surface area (TPSA) is 58.4 Å². The van der Waals surface area contributed by atoms with E-state index in [1.54, 1.807) is 0 Å². The van der Waals surface area contributed by atoms with Crippen LogP contribution in [0.25, 0.3) is 162 Å². The van der Waals surface area contributed by atoms with E-state index < -0.39 is 0 Å². The van der Waals surface area contributed by atoms with Crippen molar-refractivity contribution in [1.82, 2.24) is 33.2 Å². The van der Waals surface area contributed by atoms with E-state index in [-0.39, 0.29) is 0 Å². The minimum atomic E-state index is 0.591. The van der Waals surface area contributed by atoms with Crippen molar-refractivity contribution in [3.63, 3.8) is 0 Å². The molecule has 0 spiro atoms. The first kappa shape index (κ1) is 49.7. The number of para-hydroxylation sites is 5. The molecule has 0 aliphatic heterocycles. The molecule has 412 valence electrons. The third-order valence-corrected chi connectivity index (χ3v) is 18.1. The molecule has 7 heteroatoms. The molecule has 5 heterocycles. The number of aromatic nitrogens is 7. The van der Waals surface area contributed by atoms with Crippen molar-refractivity contribution in [1.29, 1.82) is 0 Å². The predicted molar refractivity (Wildman–Crippen MR) is 364 cm³/mol. The van der Waals surface area contributed by atoms with Crippen LogP contribution < -0.4 is 0 Å². The van der Waals surface area contributed by atoms with Crippen LogP contribution in [-0.4, -0.2) is 33.2 Å². The molecule has 0 amide bonds. The van der Waals surface area contributed by atoms with Gasteiger partial charge in [-0.1, -0.05) is 188 Å². The van der Waals surface area contributed by atoms with Gasteiger partial charge in [-0.05, 0) is 150 Å². The maximum atomic E-state index is 5.30. The van der Waals surface area contributed by atoms with Crippen LogP contribution in [0.5, 0.6) is 0 Å². The summed E-state index contributed by atoms with van der Waals surface area (Å²) in [5.41, 5.74) is 22.4. The Balaban J connectivity index is 0.895. The molecule has 0 saturated heterocycles. The van der Waals surface area contributed by atoms with Crippen LogP contribution in [0.3, 0.4) is 0 Å². The summed E-state index contributed by atoms with van der Waals surface area (Å²) in [6.45, 7) is 0. The second-order valence-corrected chi connectivity index (χ2v) is 23.0. The fraction of sp³-hybridized carbons (Fsp3) is 0.0247. The molecule has 0 N–H and O–H groups in total. The van der Waals surface area contributed by atoms with Crippen LogP contribution in [-0.2, 0) is 6.42 Å². The lowest BCUT2D eigenvalue weighted by Crippen LogP contribution is -2.05. The Hall–Kier alpha value is -11.7. The Kier molecular flexibility index (Phi) is 11.3. The van der Waals surface area contributed by atoms with Gasteiger partial charge in [0.2, 0.25) is 0 Å². The maximum Gasteiger partial charge on any atom is 0.164 e. The molecule has 5 aromatic heterocycles. The summed E-state index contributed by atoms with van der Waals surface area (Å²) in [7, 11) is 0. The summed E-state index contributed by atoms with van der Waals surface area (Å²) in [6.07, 6.45) is 6.65. The zero-order valence-electron chi connectivity index (χ0n) is 47.8. The Morgan fingerprint density at radius 3 is 1.23 bits per heavy atom. The van der Waals surface area contributed by atoms with Gasteiger partial charge in [0.1, 0.15) is 0 Å². The monoisotopic (exact) mass is 1120 g/mol. The van der Waals surface area contributed by atoms with Gasteiger partial charge < -0.3 is 18.3 Å². The van der Waals surface area contributed by atoms with Crippen molar-refractivity contribution < 1.29 is 0 Å². The lowest BCUT2D eigenvalue weighted by molar-refractivity contribution is 0.967. The Morgan fingerprint density at radius 1 is 0.250 bits per heavy atom. The molecule has 7 nitrogen and oxygen atoms in total. The van der Waals surface area contributed by atoms with E-state index in [1.807, 2.05) is 36.4 Å². The van der Waals surface area contributed by atoms with Gasteiger partial charge in [0, 0.05) is 71.5 Å². The number of allylic oxidation sites excluding steroid dienone is 1. The second-order valence-electron chi connectivity index (χ2n) is 23.0. The van der Waals surface area contributed by atoms with Crippen LogP contribution in [0.1, 0.15) is 17.7 Å². The number of aryl methyl sites for hydroxylation is 1. The number of fused-ring (bicyclic) bond motifs is 12. The van der Waals surface area contributed by atoms with Crippen molar-refractivity contribution in [2.24, 2.45) is 0 Å². The van der Waals surface area contributed by atoms with Crippen LogP contribution >= 0.6 is 0 Å². The molecule has 1 aliphatic rings. The molecular weight excluding hydrogens is 1070 g/mol. The standard InChI is InChI=1S/C81H53N7/c1-5-21-52(22-6-1)79-82-80(53-23-7-2-8-24-53)84-81(83-79)58-41-46-76(78(51-58)87-71-35-19-13-29-61(71)62-30-14-20-36-72(62)87)88-75-45-40-55(54-38-43-73-66(47-54)63-31-15-17-33-69(63)85(73)59-25-9-3-10-26-59)48-68(75)65-42-37-57(50-77(65)88)56-39-44-74-67(49-56)64-32-16-18-34-70(64)86(74)60-27-11-4-12-28-60/h1-15,17-31,33-51H,16,32H2. The van der Waals surface area contributed by atoms with E-state index in [1.165, 1.54) is 66.0 Å². The number of rotatable bonds is 9. The minimum Gasteiger partial charge on any atom is -0.310 e. The van der Waals surface area contributed by atoms with Crippen molar-refractivity contribution in [3.8, 4) is 79.2 Å². The fourth-order valence-corrected chi connectivity index (χ4v) is 14.1. The predicted octanol–water partition coefficient (Wildman–Crippen LogP) is 20.4. The van der Waals surface area contributed by atoms with Crippen molar-refractivity contribution in [2.45, 2.75) is 12.8 Å².